The Hall–Kier alpha value is -1.28. The molecule has 2 heterocycles. The molecule has 0 radical (unpaired) electrons. The summed E-state index contributed by atoms with van der Waals surface area (Å²) in [5.41, 5.74) is -3.71. The van der Waals surface area contributed by atoms with Crippen LogP contribution in [0.5, 0.6) is 0 Å². The van der Waals surface area contributed by atoms with Crippen LogP contribution in [0.25, 0.3) is 0 Å². The summed E-state index contributed by atoms with van der Waals surface area (Å²) in [5, 5.41) is 0. The molecule has 4 nitrogen and oxygen atoms in total. The van der Waals surface area contributed by atoms with Crippen LogP contribution in [-0.2, 0) is 15.5 Å². The van der Waals surface area contributed by atoms with Crippen molar-refractivity contribution in [3.63, 3.8) is 0 Å². The zero-order chi connectivity index (χ0) is 16.2. The molecular formula is C13H17BF3NO3. The Labute approximate surface area is 120 Å². The Morgan fingerprint density at radius 3 is 2.05 bits per heavy atom. The molecule has 1 fully saturated rings. The number of hydrogen-bond donors (Lipinski definition) is 1. The van der Waals surface area contributed by atoms with Crippen molar-refractivity contribution in [2.45, 2.75) is 52.0 Å². The Balaban J connectivity index is 2.51. The van der Waals surface area contributed by atoms with Crippen LogP contribution in [0, 0.1) is 6.92 Å². The first-order valence-electron chi connectivity index (χ1n) is 6.52. The Kier molecular flexibility index (Phi) is 3.53. The molecule has 0 atom stereocenters. The maximum absolute atomic E-state index is 13.0. The van der Waals surface area contributed by atoms with Crippen LogP contribution in [0.1, 0.15) is 38.8 Å². The third-order valence-corrected chi connectivity index (χ3v) is 4.18. The van der Waals surface area contributed by atoms with Gasteiger partial charge in [-0.2, -0.15) is 13.2 Å². The fourth-order valence-electron chi connectivity index (χ4n) is 2.19. The average Bonchev–Trinajstić information content (AvgIpc) is 2.45. The number of halogens is 3. The number of nitrogens with one attached hydrogen (secondary N) is 1. The van der Waals surface area contributed by atoms with Crippen molar-refractivity contribution in [1.82, 2.24) is 4.98 Å². The van der Waals surface area contributed by atoms with Gasteiger partial charge in [-0.1, -0.05) is 0 Å². The van der Waals surface area contributed by atoms with Gasteiger partial charge in [0.05, 0.1) is 11.2 Å². The van der Waals surface area contributed by atoms with Crippen LogP contribution < -0.4 is 11.0 Å². The van der Waals surface area contributed by atoms with E-state index in [0.717, 1.165) is 0 Å². The van der Waals surface area contributed by atoms with Gasteiger partial charge in [-0.3, -0.25) is 4.79 Å². The predicted octanol–water partition coefficient (Wildman–Crippen LogP) is 2.00. The van der Waals surface area contributed by atoms with Crippen molar-refractivity contribution in [2.75, 3.05) is 0 Å². The molecule has 0 saturated carbocycles. The van der Waals surface area contributed by atoms with Crippen molar-refractivity contribution in [3.05, 3.63) is 27.7 Å². The minimum atomic E-state index is -4.72. The highest BCUT2D eigenvalue weighted by Crippen LogP contribution is 2.37. The summed E-state index contributed by atoms with van der Waals surface area (Å²) in [4.78, 5) is 13.6. The SMILES string of the molecule is Cc1c(B2OC(C)(C)C(C)(C)O2)c[nH]c(=O)c1C(F)(F)F. The first kappa shape index (κ1) is 16.1. The molecule has 1 aliphatic heterocycles. The summed E-state index contributed by atoms with van der Waals surface area (Å²) in [6.07, 6.45) is -3.51. The minimum absolute atomic E-state index is 0.176. The van der Waals surface area contributed by atoms with Gasteiger partial charge in [-0.25, -0.2) is 0 Å². The molecule has 0 spiro atoms. The second-order valence-corrected chi connectivity index (χ2v) is 6.16. The summed E-state index contributed by atoms with van der Waals surface area (Å²) in [6, 6.07) is 0. The highest BCUT2D eigenvalue weighted by molar-refractivity contribution is 6.62. The number of alkyl halides is 3. The van der Waals surface area contributed by atoms with Crippen molar-refractivity contribution in [3.8, 4) is 0 Å². The van der Waals surface area contributed by atoms with Gasteiger partial charge in [-0.15, -0.1) is 0 Å². The molecule has 0 unspecified atom stereocenters. The van der Waals surface area contributed by atoms with E-state index in [9.17, 15) is 18.0 Å². The lowest BCUT2D eigenvalue weighted by atomic mass is 9.76. The summed E-state index contributed by atoms with van der Waals surface area (Å²) in [5.74, 6) is 0. The maximum Gasteiger partial charge on any atom is 0.496 e. The summed E-state index contributed by atoms with van der Waals surface area (Å²) in [6.45, 7) is 8.47. The molecule has 116 valence electrons. The lowest BCUT2D eigenvalue weighted by Gasteiger charge is -2.32. The van der Waals surface area contributed by atoms with Crippen LogP contribution in [0.3, 0.4) is 0 Å². The van der Waals surface area contributed by atoms with E-state index >= 15 is 0 Å². The first-order chi connectivity index (χ1) is 9.37. The Morgan fingerprint density at radius 1 is 1.14 bits per heavy atom. The third-order valence-electron chi connectivity index (χ3n) is 4.18. The quantitative estimate of drug-likeness (QED) is 0.807. The number of aromatic nitrogens is 1. The fraction of sp³-hybridized carbons (Fsp3) is 0.615. The highest BCUT2D eigenvalue weighted by atomic mass is 19.4. The van der Waals surface area contributed by atoms with Gasteiger partial charge >= 0.3 is 13.3 Å². The minimum Gasteiger partial charge on any atom is -0.399 e. The van der Waals surface area contributed by atoms with Gasteiger partial charge < -0.3 is 14.3 Å². The van der Waals surface area contributed by atoms with Crippen molar-refractivity contribution in [1.29, 1.82) is 0 Å². The molecule has 0 bridgehead atoms. The van der Waals surface area contributed by atoms with Gasteiger partial charge in [0.2, 0.25) is 0 Å². The Bertz CT molecular complexity index is 606. The highest BCUT2D eigenvalue weighted by Gasteiger charge is 2.52. The van der Waals surface area contributed by atoms with E-state index in [1.807, 2.05) is 0 Å². The van der Waals surface area contributed by atoms with E-state index in [-0.39, 0.29) is 11.0 Å². The van der Waals surface area contributed by atoms with E-state index in [1.54, 1.807) is 27.7 Å². The van der Waals surface area contributed by atoms with E-state index in [0.29, 0.717) is 0 Å². The molecule has 2 rings (SSSR count). The number of H-pyrrole nitrogens is 1. The second-order valence-electron chi connectivity index (χ2n) is 6.16. The number of aromatic amines is 1. The van der Waals surface area contributed by atoms with Crippen LogP contribution in [0.15, 0.2) is 11.0 Å². The van der Waals surface area contributed by atoms with Gasteiger partial charge in [0.25, 0.3) is 5.56 Å². The van der Waals surface area contributed by atoms with Crippen LogP contribution in [-0.4, -0.2) is 23.3 Å². The molecule has 21 heavy (non-hydrogen) atoms. The summed E-state index contributed by atoms with van der Waals surface area (Å²) >= 11 is 0. The van der Waals surface area contributed by atoms with Gasteiger partial charge in [0, 0.05) is 11.7 Å². The predicted molar refractivity (Wildman–Crippen MR) is 72.5 cm³/mol. The molecule has 0 amide bonds. The van der Waals surface area contributed by atoms with Crippen LogP contribution >= 0.6 is 0 Å². The van der Waals surface area contributed by atoms with E-state index in [4.69, 9.17) is 9.31 Å². The first-order valence-corrected chi connectivity index (χ1v) is 6.52. The molecule has 0 aromatic carbocycles. The number of hydrogen-bond acceptors (Lipinski definition) is 3. The van der Waals surface area contributed by atoms with Crippen LogP contribution in [0.2, 0.25) is 0 Å². The van der Waals surface area contributed by atoms with E-state index in [2.05, 4.69) is 4.98 Å². The third kappa shape index (κ3) is 2.62. The normalized spacial score (nSPS) is 20.9. The monoisotopic (exact) mass is 303 g/mol. The topological polar surface area (TPSA) is 51.3 Å². The van der Waals surface area contributed by atoms with Crippen molar-refractivity contribution < 1.29 is 22.5 Å². The molecule has 1 saturated heterocycles. The Morgan fingerprint density at radius 2 is 1.62 bits per heavy atom. The molecule has 1 aromatic heterocycles. The molecular weight excluding hydrogens is 286 g/mol. The standard InChI is InChI=1S/C13H17BF3NO3/c1-7-8(6-18-10(19)9(7)13(15,16)17)14-20-11(2,3)12(4,5)21-14/h6H,1-5H3,(H,18,19). The largest absolute Gasteiger partial charge is 0.496 e. The molecule has 8 heteroatoms. The molecule has 1 aromatic rings. The zero-order valence-electron chi connectivity index (χ0n) is 12.5. The lowest BCUT2D eigenvalue weighted by Crippen LogP contribution is -2.41. The average molecular weight is 303 g/mol. The summed E-state index contributed by atoms with van der Waals surface area (Å²) < 4.78 is 50.4. The number of rotatable bonds is 1. The molecule has 1 N–H and O–H groups in total. The fourth-order valence-corrected chi connectivity index (χ4v) is 2.19. The van der Waals surface area contributed by atoms with E-state index in [1.165, 1.54) is 13.1 Å². The van der Waals surface area contributed by atoms with E-state index < -0.39 is 35.6 Å². The number of pyridine rings is 1. The lowest BCUT2D eigenvalue weighted by molar-refractivity contribution is -0.139. The zero-order valence-corrected chi connectivity index (χ0v) is 12.5. The molecule has 1 aliphatic rings. The van der Waals surface area contributed by atoms with Gasteiger partial charge in [-0.05, 0) is 40.2 Å². The smallest absolute Gasteiger partial charge is 0.399 e. The van der Waals surface area contributed by atoms with Gasteiger partial charge in [0.1, 0.15) is 5.56 Å². The maximum atomic E-state index is 13.0. The van der Waals surface area contributed by atoms with Crippen molar-refractivity contribution in [2.24, 2.45) is 0 Å². The van der Waals surface area contributed by atoms with Gasteiger partial charge in [0.15, 0.2) is 0 Å². The summed E-state index contributed by atoms with van der Waals surface area (Å²) in [7, 11) is -0.951. The molecule has 0 aliphatic carbocycles. The van der Waals surface area contributed by atoms with Crippen molar-refractivity contribution >= 4 is 12.6 Å². The van der Waals surface area contributed by atoms with Crippen LogP contribution in [0.4, 0.5) is 13.2 Å². The second kappa shape index (κ2) is 4.61.